The molecule has 2 heteroatoms. The van der Waals surface area contributed by atoms with Crippen molar-refractivity contribution in [3.05, 3.63) is 127 Å². The monoisotopic (exact) mass is 439 g/mol. The first kappa shape index (κ1) is 19.7. The number of thiazole rings is 1. The summed E-state index contributed by atoms with van der Waals surface area (Å²) in [6, 6.07) is 45.1. The van der Waals surface area contributed by atoms with Crippen LogP contribution in [0.25, 0.3) is 54.2 Å². The van der Waals surface area contributed by atoms with E-state index in [1.54, 1.807) is 11.3 Å². The molecule has 0 N–H and O–H groups in total. The van der Waals surface area contributed by atoms with Crippen molar-refractivity contribution in [1.29, 1.82) is 0 Å². The van der Waals surface area contributed by atoms with Gasteiger partial charge in [-0.1, -0.05) is 97.1 Å². The summed E-state index contributed by atoms with van der Waals surface area (Å²) in [5.74, 6) is 0. The summed E-state index contributed by atoms with van der Waals surface area (Å²) in [4.78, 5) is 4.84. The second kappa shape index (κ2) is 8.50. The van der Waals surface area contributed by atoms with Gasteiger partial charge in [-0.3, -0.25) is 0 Å². The van der Waals surface area contributed by atoms with Crippen molar-refractivity contribution in [2.75, 3.05) is 0 Å². The number of fused-ring (bicyclic) bond motifs is 1. The Hall–Kier alpha value is -4.01. The zero-order valence-corrected chi connectivity index (χ0v) is 18.8. The standard InChI is InChI=1S/C31H21NS/c1-2-9-22(10-3-1)23-11-6-12-24(19-23)25-13-7-14-26(20-25)27-15-8-16-28(21-27)31-32-29-17-4-5-18-30(29)33-31/h1-21H. The lowest BCUT2D eigenvalue weighted by Gasteiger charge is -2.09. The summed E-state index contributed by atoms with van der Waals surface area (Å²) in [7, 11) is 0. The van der Waals surface area contributed by atoms with Crippen LogP contribution in [0.3, 0.4) is 0 Å². The first-order valence-corrected chi connectivity index (χ1v) is 11.9. The van der Waals surface area contributed by atoms with Gasteiger partial charge >= 0.3 is 0 Å². The van der Waals surface area contributed by atoms with E-state index in [-0.39, 0.29) is 0 Å². The van der Waals surface area contributed by atoms with Crippen LogP contribution in [0, 0.1) is 0 Å². The van der Waals surface area contributed by atoms with Crippen LogP contribution in [-0.4, -0.2) is 4.98 Å². The number of rotatable bonds is 4. The van der Waals surface area contributed by atoms with Crippen molar-refractivity contribution in [2.24, 2.45) is 0 Å². The molecule has 33 heavy (non-hydrogen) atoms. The van der Waals surface area contributed by atoms with Crippen molar-refractivity contribution in [1.82, 2.24) is 4.98 Å². The normalized spacial score (nSPS) is 11.0. The lowest BCUT2D eigenvalue weighted by Crippen LogP contribution is -1.84. The van der Waals surface area contributed by atoms with Gasteiger partial charge < -0.3 is 0 Å². The second-order valence-corrected chi connectivity index (χ2v) is 9.13. The van der Waals surface area contributed by atoms with Gasteiger partial charge in [0, 0.05) is 5.56 Å². The van der Waals surface area contributed by atoms with Crippen LogP contribution in [-0.2, 0) is 0 Å². The Labute approximate surface area is 197 Å². The highest BCUT2D eigenvalue weighted by Gasteiger charge is 2.08. The van der Waals surface area contributed by atoms with Crippen LogP contribution >= 0.6 is 11.3 Å². The molecule has 0 saturated carbocycles. The summed E-state index contributed by atoms with van der Waals surface area (Å²) < 4.78 is 1.22. The van der Waals surface area contributed by atoms with Crippen molar-refractivity contribution >= 4 is 21.6 Å². The predicted octanol–water partition coefficient (Wildman–Crippen LogP) is 8.96. The van der Waals surface area contributed by atoms with E-state index < -0.39 is 0 Å². The molecule has 0 bridgehead atoms. The topological polar surface area (TPSA) is 12.9 Å². The molecule has 0 amide bonds. The van der Waals surface area contributed by atoms with Gasteiger partial charge in [0.05, 0.1) is 10.2 Å². The zero-order valence-electron chi connectivity index (χ0n) is 18.0. The van der Waals surface area contributed by atoms with Crippen LogP contribution in [0.4, 0.5) is 0 Å². The quantitative estimate of drug-likeness (QED) is 0.267. The van der Waals surface area contributed by atoms with E-state index in [4.69, 9.17) is 4.98 Å². The molecule has 1 nitrogen and oxygen atoms in total. The van der Waals surface area contributed by atoms with Gasteiger partial charge in [-0.15, -0.1) is 11.3 Å². The minimum atomic E-state index is 1.06. The summed E-state index contributed by atoms with van der Waals surface area (Å²) in [6.45, 7) is 0. The fourth-order valence-electron chi connectivity index (χ4n) is 4.21. The lowest BCUT2D eigenvalue weighted by molar-refractivity contribution is 1.47. The van der Waals surface area contributed by atoms with Crippen molar-refractivity contribution in [3.8, 4) is 44.0 Å². The molecule has 0 aliphatic heterocycles. The molecule has 1 aromatic heterocycles. The van der Waals surface area contributed by atoms with Gasteiger partial charge in [-0.2, -0.15) is 0 Å². The van der Waals surface area contributed by atoms with Crippen molar-refractivity contribution in [2.45, 2.75) is 0 Å². The molecule has 0 unspecified atom stereocenters. The number of aromatic nitrogens is 1. The van der Waals surface area contributed by atoms with Gasteiger partial charge in [0.15, 0.2) is 0 Å². The summed E-state index contributed by atoms with van der Waals surface area (Å²) in [5, 5.41) is 1.06. The molecular formula is C31H21NS. The highest BCUT2D eigenvalue weighted by Crippen LogP contribution is 2.34. The summed E-state index contributed by atoms with van der Waals surface area (Å²) in [6.07, 6.45) is 0. The molecule has 156 valence electrons. The molecule has 0 spiro atoms. The third kappa shape index (κ3) is 3.97. The average Bonchev–Trinajstić information content (AvgIpc) is 3.34. The van der Waals surface area contributed by atoms with Crippen LogP contribution in [0.2, 0.25) is 0 Å². The molecule has 6 rings (SSSR count). The molecular weight excluding hydrogens is 418 g/mol. The van der Waals surface area contributed by atoms with Gasteiger partial charge in [-0.25, -0.2) is 4.98 Å². The third-order valence-corrected chi connectivity index (χ3v) is 6.99. The van der Waals surface area contributed by atoms with Gasteiger partial charge in [0.2, 0.25) is 0 Å². The van der Waals surface area contributed by atoms with Crippen LogP contribution in [0.5, 0.6) is 0 Å². The van der Waals surface area contributed by atoms with E-state index in [2.05, 4.69) is 121 Å². The maximum atomic E-state index is 4.84. The minimum Gasteiger partial charge on any atom is -0.236 e. The van der Waals surface area contributed by atoms with Crippen LogP contribution in [0.1, 0.15) is 0 Å². The predicted molar refractivity (Wildman–Crippen MR) is 141 cm³/mol. The Morgan fingerprint density at radius 3 is 1.45 bits per heavy atom. The summed E-state index contributed by atoms with van der Waals surface area (Å²) >= 11 is 1.74. The van der Waals surface area contributed by atoms with E-state index in [0.717, 1.165) is 16.1 Å². The van der Waals surface area contributed by atoms with Gasteiger partial charge in [-0.05, 0) is 63.7 Å². The van der Waals surface area contributed by atoms with E-state index >= 15 is 0 Å². The molecule has 0 aliphatic rings. The van der Waals surface area contributed by atoms with Crippen molar-refractivity contribution < 1.29 is 0 Å². The molecule has 6 aromatic rings. The van der Waals surface area contributed by atoms with E-state index in [1.165, 1.54) is 38.1 Å². The molecule has 0 radical (unpaired) electrons. The first-order valence-electron chi connectivity index (χ1n) is 11.1. The minimum absolute atomic E-state index is 1.06. The first-order chi connectivity index (χ1) is 16.3. The number of hydrogen-bond donors (Lipinski definition) is 0. The number of para-hydroxylation sites is 1. The van der Waals surface area contributed by atoms with Crippen LogP contribution in [0.15, 0.2) is 127 Å². The van der Waals surface area contributed by atoms with Gasteiger partial charge in [0.25, 0.3) is 0 Å². The molecule has 1 heterocycles. The molecule has 5 aromatic carbocycles. The number of nitrogens with zero attached hydrogens (tertiary/aromatic N) is 1. The molecule has 0 atom stereocenters. The molecule has 0 saturated heterocycles. The average molecular weight is 440 g/mol. The Kier molecular flexibility index (Phi) is 5.06. The Morgan fingerprint density at radius 1 is 0.394 bits per heavy atom. The zero-order chi connectivity index (χ0) is 22.0. The Bertz CT molecular complexity index is 1530. The largest absolute Gasteiger partial charge is 0.236 e. The maximum absolute atomic E-state index is 4.84. The van der Waals surface area contributed by atoms with Crippen molar-refractivity contribution in [3.63, 3.8) is 0 Å². The smallest absolute Gasteiger partial charge is 0.124 e. The van der Waals surface area contributed by atoms with E-state index in [1.807, 2.05) is 6.07 Å². The second-order valence-electron chi connectivity index (χ2n) is 8.10. The van der Waals surface area contributed by atoms with Gasteiger partial charge in [0.1, 0.15) is 5.01 Å². The Morgan fingerprint density at radius 2 is 0.848 bits per heavy atom. The molecule has 0 aliphatic carbocycles. The fourth-order valence-corrected chi connectivity index (χ4v) is 5.18. The van der Waals surface area contributed by atoms with E-state index in [0.29, 0.717) is 0 Å². The summed E-state index contributed by atoms with van der Waals surface area (Å²) in [5.41, 5.74) is 9.54. The Balaban J connectivity index is 1.37. The lowest BCUT2D eigenvalue weighted by atomic mass is 9.96. The third-order valence-electron chi connectivity index (χ3n) is 5.90. The van der Waals surface area contributed by atoms with Crippen LogP contribution < -0.4 is 0 Å². The number of benzene rings is 5. The fraction of sp³-hybridized carbons (Fsp3) is 0. The SMILES string of the molecule is c1ccc(-c2cccc(-c3cccc(-c4cccc(-c5nc6ccccc6s5)c4)c3)c2)cc1. The number of hydrogen-bond acceptors (Lipinski definition) is 2. The van der Waals surface area contributed by atoms with E-state index in [9.17, 15) is 0 Å². The maximum Gasteiger partial charge on any atom is 0.124 e. The molecule has 0 fully saturated rings. The highest BCUT2D eigenvalue weighted by molar-refractivity contribution is 7.21. The highest BCUT2D eigenvalue weighted by atomic mass is 32.1.